The fourth-order valence-corrected chi connectivity index (χ4v) is 3.16. The van der Waals surface area contributed by atoms with Crippen LogP contribution in [-0.2, 0) is 11.2 Å². The summed E-state index contributed by atoms with van der Waals surface area (Å²) in [6.45, 7) is 0.962. The van der Waals surface area contributed by atoms with Gasteiger partial charge in [0.1, 0.15) is 11.6 Å². The van der Waals surface area contributed by atoms with Crippen LogP contribution in [0.15, 0.2) is 78.9 Å². The lowest BCUT2D eigenvalue weighted by molar-refractivity contribution is -0.120. The number of nitrogens with zero attached hydrogens (tertiary/aromatic N) is 2. The minimum absolute atomic E-state index is 0.110. The van der Waals surface area contributed by atoms with Crippen molar-refractivity contribution in [3.8, 4) is 11.4 Å². The summed E-state index contributed by atoms with van der Waals surface area (Å²) in [5.41, 5.74) is 2.57. The van der Waals surface area contributed by atoms with E-state index in [-0.39, 0.29) is 18.1 Å². The van der Waals surface area contributed by atoms with Crippen molar-refractivity contribution < 1.29 is 9.18 Å². The van der Waals surface area contributed by atoms with Crippen LogP contribution in [0.25, 0.3) is 22.3 Å². The molecule has 30 heavy (non-hydrogen) atoms. The lowest BCUT2D eigenvalue weighted by Crippen LogP contribution is -2.30. The normalized spacial score (nSPS) is 10.7. The van der Waals surface area contributed by atoms with Crippen LogP contribution in [0.3, 0.4) is 0 Å². The summed E-state index contributed by atoms with van der Waals surface area (Å²) in [7, 11) is 0. The molecule has 4 aromatic rings. The van der Waals surface area contributed by atoms with Crippen LogP contribution in [0.2, 0.25) is 0 Å². The van der Waals surface area contributed by atoms with Crippen molar-refractivity contribution >= 4 is 22.6 Å². The highest BCUT2D eigenvalue weighted by Crippen LogP contribution is 2.24. The molecular formula is C24H21FN4O. The number of rotatable bonds is 7. The van der Waals surface area contributed by atoms with Crippen molar-refractivity contribution in [1.82, 2.24) is 15.3 Å². The van der Waals surface area contributed by atoms with Crippen LogP contribution in [0.5, 0.6) is 0 Å². The summed E-state index contributed by atoms with van der Waals surface area (Å²) in [4.78, 5) is 21.5. The van der Waals surface area contributed by atoms with Gasteiger partial charge in [-0.3, -0.25) is 4.79 Å². The molecule has 0 aliphatic heterocycles. The molecule has 0 radical (unpaired) electrons. The standard InChI is InChI=1S/C24H21FN4O/c25-19-12-10-17(11-13-19)16-22(30)26-14-15-27-24-20-8-4-5-9-21(20)28-23(29-24)18-6-2-1-3-7-18/h1-13H,14-16H2,(H,26,30)(H,27,28,29). The summed E-state index contributed by atoms with van der Waals surface area (Å²) >= 11 is 0. The molecule has 1 aromatic heterocycles. The maximum absolute atomic E-state index is 13.0. The van der Waals surface area contributed by atoms with Crippen LogP contribution in [0.4, 0.5) is 10.2 Å². The molecule has 5 nitrogen and oxygen atoms in total. The molecule has 0 fully saturated rings. The molecule has 150 valence electrons. The number of fused-ring (bicyclic) bond motifs is 1. The molecule has 0 saturated carbocycles. The average molecular weight is 400 g/mol. The molecule has 0 aliphatic rings. The van der Waals surface area contributed by atoms with E-state index in [0.29, 0.717) is 18.9 Å². The third kappa shape index (κ3) is 4.78. The number of hydrogen-bond acceptors (Lipinski definition) is 4. The Kier molecular flexibility index (Phi) is 5.94. The Morgan fingerprint density at radius 2 is 1.57 bits per heavy atom. The van der Waals surface area contributed by atoms with Gasteiger partial charge in [-0.1, -0.05) is 54.6 Å². The summed E-state index contributed by atoms with van der Waals surface area (Å²) in [5.74, 6) is 0.959. The van der Waals surface area contributed by atoms with Crippen molar-refractivity contribution in [1.29, 1.82) is 0 Å². The third-order valence-corrected chi connectivity index (χ3v) is 4.65. The van der Waals surface area contributed by atoms with Crippen LogP contribution in [-0.4, -0.2) is 29.0 Å². The second-order valence-electron chi connectivity index (χ2n) is 6.86. The molecule has 0 aliphatic carbocycles. The van der Waals surface area contributed by atoms with Gasteiger partial charge >= 0.3 is 0 Å². The molecule has 0 unspecified atom stereocenters. The highest BCUT2D eigenvalue weighted by Gasteiger charge is 2.09. The summed E-state index contributed by atoms with van der Waals surface area (Å²) in [5, 5.41) is 7.11. The van der Waals surface area contributed by atoms with Crippen LogP contribution >= 0.6 is 0 Å². The number of carbonyl (C=O) groups excluding carboxylic acids is 1. The highest BCUT2D eigenvalue weighted by atomic mass is 19.1. The molecule has 4 rings (SSSR count). The van der Waals surface area contributed by atoms with E-state index in [1.54, 1.807) is 12.1 Å². The van der Waals surface area contributed by atoms with E-state index in [1.807, 2.05) is 54.6 Å². The molecule has 0 atom stereocenters. The fraction of sp³-hybridized carbons (Fsp3) is 0.125. The van der Waals surface area contributed by atoms with Crippen molar-refractivity contribution in [3.63, 3.8) is 0 Å². The fourth-order valence-electron chi connectivity index (χ4n) is 3.16. The van der Waals surface area contributed by atoms with E-state index in [1.165, 1.54) is 12.1 Å². The number of aromatic nitrogens is 2. The van der Waals surface area contributed by atoms with Crippen molar-refractivity contribution in [3.05, 3.63) is 90.2 Å². The van der Waals surface area contributed by atoms with Crippen LogP contribution in [0, 0.1) is 5.82 Å². The molecule has 0 spiro atoms. The van der Waals surface area contributed by atoms with E-state index in [4.69, 9.17) is 4.98 Å². The molecule has 0 saturated heterocycles. The van der Waals surface area contributed by atoms with Crippen molar-refractivity contribution in [2.45, 2.75) is 6.42 Å². The third-order valence-electron chi connectivity index (χ3n) is 4.65. The average Bonchev–Trinajstić information content (AvgIpc) is 2.78. The molecular weight excluding hydrogens is 379 g/mol. The van der Waals surface area contributed by atoms with Crippen molar-refractivity contribution in [2.75, 3.05) is 18.4 Å². The maximum Gasteiger partial charge on any atom is 0.224 e. The first-order chi connectivity index (χ1) is 14.7. The Hall–Kier alpha value is -3.80. The molecule has 0 bridgehead atoms. The lowest BCUT2D eigenvalue weighted by atomic mass is 10.1. The van der Waals surface area contributed by atoms with Gasteiger partial charge in [0.25, 0.3) is 0 Å². The van der Waals surface area contributed by atoms with Crippen LogP contribution in [0.1, 0.15) is 5.56 Å². The van der Waals surface area contributed by atoms with E-state index in [2.05, 4.69) is 15.6 Å². The molecule has 3 aromatic carbocycles. The lowest BCUT2D eigenvalue weighted by Gasteiger charge is -2.12. The largest absolute Gasteiger partial charge is 0.368 e. The summed E-state index contributed by atoms with van der Waals surface area (Å²) < 4.78 is 13.0. The maximum atomic E-state index is 13.0. The topological polar surface area (TPSA) is 66.9 Å². The zero-order valence-corrected chi connectivity index (χ0v) is 16.3. The molecule has 1 amide bonds. The number of para-hydroxylation sites is 1. The van der Waals surface area contributed by atoms with Gasteiger partial charge in [-0.05, 0) is 29.8 Å². The van der Waals surface area contributed by atoms with Crippen LogP contribution < -0.4 is 10.6 Å². The first kappa shape index (κ1) is 19.5. The smallest absolute Gasteiger partial charge is 0.224 e. The van der Waals surface area contributed by atoms with E-state index >= 15 is 0 Å². The first-order valence-electron chi connectivity index (χ1n) is 9.76. The van der Waals surface area contributed by atoms with Gasteiger partial charge in [0.2, 0.25) is 5.91 Å². The van der Waals surface area contributed by atoms with Gasteiger partial charge in [0.05, 0.1) is 11.9 Å². The highest BCUT2D eigenvalue weighted by molar-refractivity contribution is 5.90. The second kappa shape index (κ2) is 9.13. The molecule has 6 heteroatoms. The Balaban J connectivity index is 1.41. The number of anilines is 1. The van der Waals surface area contributed by atoms with Gasteiger partial charge in [0, 0.05) is 24.0 Å². The van der Waals surface area contributed by atoms with Gasteiger partial charge in [0.15, 0.2) is 5.82 Å². The minimum atomic E-state index is -0.310. The Labute approximate surface area is 174 Å². The number of halogens is 1. The first-order valence-corrected chi connectivity index (χ1v) is 9.76. The SMILES string of the molecule is O=C(Cc1ccc(F)cc1)NCCNc1nc(-c2ccccc2)nc2ccccc12. The van der Waals surface area contributed by atoms with Gasteiger partial charge in [-0.2, -0.15) is 0 Å². The van der Waals surface area contributed by atoms with Gasteiger partial charge in [-0.15, -0.1) is 0 Å². The van der Waals surface area contributed by atoms with E-state index in [9.17, 15) is 9.18 Å². The quantitative estimate of drug-likeness (QED) is 0.456. The van der Waals surface area contributed by atoms with E-state index in [0.717, 1.165) is 27.8 Å². The summed E-state index contributed by atoms with van der Waals surface area (Å²) in [6.07, 6.45) is 0.217. The molecule has 1 heterocycles. The van der Waals surface area contributed by atoms with E-state index < -0.39 is 0 Å². The van der Waals surface area contributed by atoms with Crippen molar-refractivity contribution in [2.24, 2.45) is 0 Å². The number of nitrogens with one attached hydrogen (secondary N) is 2. The second-order valence-corrected chi connectivity index (χ2v) is 6.86. The number of hydrogen-bond donors (Lipinski definition) is 2. The Morgan fingerprint density at radius 1 is 0.833 bits per heavy atom. The number of benzene rings is 3. The molecule has 2 N–H and O–H groups in total. The number of amides is 1. The summed E-state index contributed by atoms with van der Waals surface area (Å²) in [6, 6.07) is 23.6. The zero-order valence-electron chi connectivity index (χ0n) is 16.3. The Morgan fingerprint density at radius 3 is 2.37 bits per heavy atom. The zero-order chi connectivity index (χ0) is 20.8. The van der Waals surface area contributed by atoms with Gasteiger partial charge < -0.3 is 10.6 Å². The Bertz CT molecular complexity index is 1150. The van der Waals surface area contributed by atoms with Gasteiger partial charge in [-0.25, -0.2) is 14.4 Å². The predicted molar refractivity (Wildman–Crippen MR) is 117 cm³/mol. The predicted octanol–water partition coefficient (Wildman–Crippen LogP) is 4.21. The minimum Gasteiger partial charge on any atom is -0.368 e. The number of carbonyl (C=O) groups is 1. The monoisotopic (exact) mass is 400 g/mol.